The van der Waals surface area contributed by atoms with Crippen molar-refractivity contribution in [3.8, 4) is 0 Å². The van der Waals surface area contributed by atoms with Crippen molar-refractivity contribution in [2.75, 3.05) is 20.1 Å². The average Bonchev–Trinajstić information content (AvgIpc) is 2.43. The van der Waals surface area contributed by atoms with Crippen molar-refractivity contribution in [2.24, 2.45) is 17.6 Å². The zero-order valence-corrected chi connectivity index (χ0v) is 12.4. The number of hydrogen-bond acceptors (Lipinski definition) is 3. The van der Waals surface area contributed by atoms with Crippen LogP contribution in [0.3, 0.4) is 0 Å². The molecule has 19 heavy (non-hydrogen) atoms. The second-order valence-corrected chi connectivity index (χ2v) is 6.51. The van der Waals surface area contributed by atoms with E-state index in [1.807, 2.05) is 0 Å². The number of carbonyl (C=O) groups is 1. The number of rotatable bonds is 3. The molecule has 4 heteroatoms. The van der Waals surface area contributed by atoms with Crippen LogP contribution in [0.25, 0.3) is 0 Å². The molecule has 2 rings (SSSR count). The minimum atomic E-state index is 0.234. The van der Waals surface area contributed by atoms with Crippen LogP contribution in [-0.4, -0.2) is 43.0 Å². The van der Waals surface area contributed by atoms with Gasteiger partial charge in [-0.2, -0.15) is 0 Å². The highest BCUT2D eigenvalue weighted by Crippen LogP contribution is 2.28. The van der Waals surface area contributed by atoms with Crippen LogP contribution in [0.1, 0.15) is 45.4 Å². The molecule has 4 nitrogen and oxygen atoms in total. The lowest BCUT2D eigenvalue weighted by atomic mass is 9.81. The second kappa shape index (κ2) is 6.71. The summed E-state index contributed by atoms with van der Waals surface area (Å²) in [5, 5.41) is 3.28. The minimum Gasteiger partial charge on any atom is -0.353 e. The molecular weight excluding hydrogens is 238 g/mol. The maximum atomic E-state index is 12.3. The third-order valence-electron chi connectivity index (χ3n) is 5.11. The topological polar surface area (TPSA) is 58.4 Å². The molecule has 1 aliphatic heterocycles. The molecule has 1 heterocycles. The van der Waals surface area contributed by atoms with Crippen molar-refractivity contribution in [2.45, 2.75) is 57.5 Å². The first-order chi connectivity index (χ1) is 9.10. The van der Waals surface area contributed by atoms with Gasteiger partial charge in [-0.1, -0.05) is 0 Å². The van der Waals surface area contributed by atoms with Gasteiger partial charge in [0.25, 0.3) is 0 Å². The molecule has 1 amide bonds. The summed E-state index contributed by atoms with van der Waals surface area (Å²) in [4.78, 5) is 14.7. The molecule has 2 unspecified atom stereocenters. The molecule has 0 aromatic rings. The van der Waals surface area contributed by atoms with Crippen LogP contribution in [0.5, 0.6) is 0 Å². The van der Waals surface area contributed by atoms with Crippen molar-refractivity contribution in [1.82, 2.24) is 10.2 Å². The number of nitrogens with two attached hydrogens (primary N) is 1. The fourth-order valence-electron chi connectivity index (χ4n) is 3.40. The SMILES string of the molecule is CC1CC(NC(=O)C2CCC(CN)CC2)CCN1C. The smallest absolute Gasteiger partial charge is 0.223 e. The summed E-state index contributed by atoms with van der Waals surface area (Å²) in [7, 11) is 2.16. The van der Waals surface area contributed by atoms with Gasteiger partial charge in [-0.15, -0.1) is 0 Å². The van der Waals surface area contributed by atoms with E-state index >= 15 is 0 Å². The molecule has 0 aromatic heterocycles. The first kappa shape index (κ1) is 14.8. The zero-order chi connectivity index (χ0) is 13.8. The Bertz CT molecular complexity index is 300. The Morgan fingerprint density at radius 1 is 1.26 bits per heavy atom. The Labute approximate surface area is 117 Å². The van der Waals surface area contributed by atoms with Crippen molar-refractivity contribution >= 4 is 5.91 Å². The Morgan fingerprint density at radius 2 is 1.95 bits per heavy atom. The van der Waals surface area contributed by atoms with E-state index in [1.54, 1.807) is 0 Å². The highest BCUT2D eigenvalue weighted by atomic mass is 16.1. The number of piperidine rings is 1. The normalized spacial score (nSPS) is 37.0. The van der Waals surface area contributed by atoms with Gasteiger partial charge in [0, 0.05) is 24.5 Å². The molecule has 2 atom stereocenters. The number of likely N-dealkylation sites (tertiary alicyclic amines) is 1. The third-order valence-corrected chi connectivity index (χ3v) is 5.11. The molecule has 0 bridgehead atoms. The Kier molecular flexibility index (Phi) is 5.22. The summed E-state index contributed by atoms with van der Waals surface area (Å²) in [5.74, 6) is 1.17. The minimum absolute atomic E-state index is 0.234. The maximum absolute atomic E-state index is 12.3. The van der Waals surface area contributed by atoms with Crippen molar-refractivity contribution in [3.05, 3.63) is 0 Å². The number of nitrogens with one attached hydrogen (secondary N) is 1. The van der Waals surface area contributed by atoms with Crippen molar-refractivity contribution < 1.29 is 4.79 Å². The quantitative estimate of drug-likeness (QED) is 0.811. The van der Waals surface area contributed by atoms with E-state index in [0.717, 1.165) is 51.6 Å². The van der Waals surface area contributed by atoms with Crippen LogP contribution in [0.4, 0.5) is 0 Å². The summed E-state index contributed by atoms with van der Waals surface area (Å²) in [6.45, 7) is 4.11. The predicted octanol–water partition coefficient (Wildman–Crippen LogP) is 1.35. The van der Waals surface area contributed by atoms with Crippen LogP contribution < -0.4 is 11.1 Å². The zero-order valence-electron chi connectivity index (χ0n) is 12.4. The van der Waals surface area contributed by atoms with E-state index in [-0.39, 0.29) is 11.8 Å². The molecule has 2 aliphatic rings. The highest BCUT2D eigenvalue weighted by Gasteiger charge is 2.29. The van der Waals surface area contributed by atoms with E-state index in [9.17, 15) is 4.79 Å². The second-order valence-electron chi connectivity index (χ2n) is 6.51. The van der Waals surface area contributed by atoms with Gasteiger partial charge in [-0.25, -0.2) is 0 Å². The number of amides is 1. The number of hydrogen-bond donors (Lipinski definition) is 2. The van der Waals surface area contributed by atoms with Gasteiger partial charge in [-0.05, 0) is 65.0 Å². The average molecular weight is 267 g/mol. The molecule has 0 aromatic carbocycles. The highest BCUT2D eigenvalue weighted by molar-refractivity contribution is 5.79. The van der Waals surface area contributed by atoms with Gasteiger partial charge >= 0.3 is 0 Å². The first-order valence-electron chi connectivity index (χ1n) is 7.80. The first-order valence-corrected chi connectivity index (χ1v) is 7.80. The third kappa shape index (κ3) is 3.93. The molecular formula is C15H29N3O. The van der Waals surface area contributed by atoms with E-state index in [4.69, 9.17) is 5.73 Å². The molecule has 3 N–H and O–H groups in total. The Balaban J connectivity index is 1.75. The summed E-state index contributed by atoms with van der Waals surface area (Å²) >= 11 is 0. The van der Waals surface area contributed by atoms with Crippen molar-refractivity contribution in [3.63, 3.8) is 0 Å². The Hall–Kier alpha value is -0.610. The summed E-state index contributed by atoms with van der Waals surface area (Å²) in [6, 6.07) is 0.956. The van der Waals surface area contributed by atoms with Crippen molar-refractivity contribution in [1.29, 1.82) is 0 Å². The monoisotopic (exact) mass is 267 g/mol. The van der Waals surface area contributed by atoms with Gasteiger partial charge in [0.1, 0.15) is 0 Å². The summed E-state index contributed by atoms with van der Waals surface area (Å²) < 4.78 is 0. The van der Waals surface area contributed by atoms with Gasteiger partial charge in [0.05, 0.1) is 0 Å². The van der Waals surface area contributed by atoms with Gasteiger partial charge < -0.3 is 16.0 Å². The summed E-state index contributed by atoms with van der Waals surface area (Å²) in [6.07, 6.45) is 6.47. The van der Waals surface area contributed by atoms with E-state index in [2.05, 4.69) is 24.2 Å². The molecule has 1 saturated carbocycles. The van der Waals surface area contributed by atoms with Crippen LogP contribution in [-0.2, 0) is 4.79 Å². The fraction of sp³-hybridized carbons (Fsp3) is 0.933. The van der Waals surface area contributed by atoms with E-state index in [1.165, 1.54) is 0 Å². The van der Waals surface area contributed by atoms with E-state index < -0.39 is 0 Å². The van der Waals surface area contributed by atoms with Gasteiger partial charge in [0.2, 0.25) is 5.91 Å². The number of carbonyl (C=O) groups excluding carboxylic acids is 1. The molecule has 2 fully saturated rings. The van der Waals surface area contributed by atoms with Gasteiger partial charge in [0.15, 0.2) is 0 Å². The lowest BCUT2D eigenvalue weighted by molar-refractivity contribution is -0.127. The fourth-order valence-corrected chi connectivity index (χ4v) is 3.40. The van der Waals surface area contributed by atoms with E-state index in [0.29, 0.717) is 18.0 Å². The Morgan fingerprint density at radius 3 is 2.53 bits per heavy atom. The van der Waals surface area contributed by atoms with Crippen LogP contribution >= 0.6 is 0 Å². The summed E-state index contributed by atoms with van der Waals surface area (Å²) in [5.41, 5.74) is 5.70. The molecule has 1 saturated heterocycles. The largest absolute Gasteiger partial charge is 0.353 e. The van der Waals surface area contributed by atoms with Crippen LogP contribution in [0.2, 0.25) is 0 Å². The van der Waals surface area contributed by atoms with Gasteiger partial charge in [-0.3, -0.25) is 4.79 Å². The van der Waals surface area contributed by atoms with Crippen LogP contribution in [0.15, 0.2) is 0 Å². The van der Waals surface area contributed by atoms with Crippen LogP contribution in [0, 0.1) is 11.8 Å². The lowest BCUT2D eigenvalue weighted by Gasteiger charge is -2.36. The predicted molar refractivity (Wildman–Crippen MR) is 77.8 cm³/mol. The molecule has 110 valence electrons. The molecule has 0 radical (unpaired) electrons. The molecule has 0 spiro atoms. The number of nitrogens with zero attached hydrogens (tertiary/aromatic N) is 1. The lowest BCUT2D eigenvalue weighted by Crippen LogP contribution is -2.49. The standard InChI is InChI=1S/C15H29N3O/c1-11-9-14(7-8-18(11)2)17-15(19)13-5-3-12(10-16)4-6-13/h11-14H,3-10,16H2,1-2H3,(H,17,19). The molecule has 1 aliphatic carbocycles. The maximum Gasteiger partial charge on any atom is 0.223 e.